The third-order valence-electron chi connectivity index (χ3n) is 4.18. The lowest BCUT2D eigenvalue weighted by molar-refractivity contribution is -0.189. The number of hydrogen-bond acceptors (Lipinski definition) is 2. The molecule has 0 aliphatic heterocycles. The Labute approximate surface area is 169 Å². The van der Waals surface area contributed by atoms with E-state index < -0.39 is 69.0 Å². The molecular weight excluding hydrogens is 434 g/mol. The Morgan fingerprint density at radius 3 is 1.68 bits per heavy atom. The topological polar surface area (TPSA) is 33.0 Å². The average Bonchev–Trinajstić information content (AvgIpc) is 2.59. The fraction of sp³-hybridized carbons (Fsp3) is 0.0952. The third-order valence-corrected chi connectivity index (χ3v) is 4.18. The smallest absolute Gasteiger partial charge is 0.429 e. The lowest BCUT2D eigenvalue weighted by Gasteiger charge is -2.20. The summed E-state index contributed by atoms with van der Waals surface area (Å²) in [4.78, 5) is 0. The van der Waals surface area contributed by atoms with Crippen LogP contribution >= 0.6 is 0 Å². The fourth-order valence-corrected chi connectivity index (χ4v) is 2.89. The second-order valence-corrected chi connectivity index (χ2v) is 6.41. The number of nitriles is 1. The van der Waals surface area contributed by atoms with Crippen molar-refractivity contribution < 1.29 is 39.9 Å². The first-order chi connectivity index (χ1) is 14.4. The van der Waals surface area contributed by atoms with Crippen LogP contribution in [0, 0.1) is 53.2 Å². The maximum absolute atomic E-state index is 14.4. The van der Waals surface area contributed by atoms with E-state index in [0.29, 0.717) is 0 Å². The molecule has 31 heavy (non-hydrogen) atoms. The zero-order chi connectivity index (χ0) is 23.1. The Morgan fingerprint density at radius 2 is 1.23 bits per heavy atom. The maximum Gasteiger partial charge on any atom is 0.432 e. The number of hydrogen-bond donors (Lipinski definition) is 0. The molecule has 0 radical (unpaired) electrons. The zero-order valence-electron chi connectivity index (χ0n) is 15.3. The quantitative estimate of drug-likeness (QED) is 0.432. The minimum absolute atomic E-state index is 0.179. The van der Waals surface area contributed by atoms with Crippen LogP contribution in [0.4, 0.5) is 35.1 Å². The van der Waals surface area contributed by atoms with Crippen LogP contribution in [0.2, 0.25) is 0 Å². The van der Waals surface area contributed by atoms with Crippen molar-refractivity contribution in [2.45, 2.75) is 13.0 Å². The van der Waals surface area contributed by atoms with Gasteiger partial charge in [0, 0.05) is 12.1 Å². The number of alkyl halides is 2. The summed E-state index contributed by atoms with van der Waals surface area (Å²) in [6.07, 6.45) is -4.77. The van der Waals surface area contributed by atoms with E-state index in [9.17, 15) is 35.1 Å². The SMILES string of the molecule is Cc1cc(F)c(-c2cc(F)c(C(F)(F)Oc3cc(F)c(C#N)c(F)c3)c(F)c2)c(F)c1. The minimum atomic E-state index is -4.77. The summed E-state index contributed by atoms with van der Waals surface area (Å²) in [7, 11) is 0. The molecule has 0 aromatic heterocycles. The standard InChI is InChI=1S/C21H9F8NO/c1-9-2-15(24)19(16(25)3-9)10-4-17(26)20(18(27)5-10)21(28,29)31-11-6-13(22)12(8-30)14(23)7-11/h2-7H,1H3. The van der Waals surface area contributed by atoms with Crippen molar-refractivity contribution in [3.63, 3.8) is 0 Å². The molecule has 0 bridgehead atoms. The normalized spacial score (nSPS) is 11.4. The highest BCUT2D eigenvalue weighted by Crippen LogP contribution is 2.38. The second kappa shape index (κ2) is 7.91. The molecule has 3 aromatic carbocycles. The van der Waals surface area contributed by atoms with Gasteiger partial charge in [-0.15, -0.1) is 0 Å². The number of ether oxygens (including phenoxy) is 1. The molecule has 10 heteroatoms. The van der Waals surface area contributed by atoms with E-state index in [2.05, 4.69) is 4.74 Å². The van der Waals surface area contributed by atoms with Crippen LogP contribution in [0.5, 0.6) is 5.75 Å². The van der Waals surface area contributed by atoms with Crippen molar-refractivity contribution in [2.24, 2.45) is 0 Å². The van der Waals surface area contributed by atoms with Crippen molar-refractivity contribution in [3.8, 4) is 22.9 Å². The van der Waals surface area contributed by atoms with Crippen LogP contribution in [-0.2, 0) is 6.11 Å². The lowest BCUT2D eigenvalue weighted by atomic mass is 10.00. The van der Waals surface area contributed by atoms with Gasteiger partial charge in [0.05, 0.1) is 5.56 Å². The lowest BCUT2D eigenvalue weighted by Crippen LogP contribution is -2.25. The van der Waals surface area contributed by atoms with E-state index in [1.807, 2.05) is 0 Å². The predicted octanol–water partition coefficient (Wildman–Crippen LogP) is 6.50. The van der Waals surface area contributed by atoms with Crippen LogP contribution in [0.15, 0.2) is 36.4 Å². The van der Waals surface area contributed by atoms with E-state index in [4.69, 9.17) is 5.26 Å². The molecule has 0 saturated carbocycles. The van der Waals surface area contributed by atoms with Gasteiger partial charge in [0.25, 0.3) is 0 Å². The van der Waals surface area contributed by atoms with E-state index >= 15 is 0 Å². The Morgan fingerprint density at radius 1 is 0.742 bits per heavy atom. The van der Waals surface area contributed by atoms with E-state index in [-0.39, 0.29) is 29.8 Å². The molecule has 0 atom stereocenters. The summed E-state index contributed by atoms with van der Waals surface area (Å²) in [6, 6.07) is 3.94. The minimum Gasteiger partial charge on any atom is -0.429 e. The van der Waals surface area contributed by atoms with Gasteiger partial charge in [-0.25, -0.2) is 26.3 Å². The molecule has 2 nitrogen and oxygen atoms in total. The van der Waals surface area contributed by atoms with Crippen molar-refractivity contribution in [1.29, 1.82) is 5.26 Å². The third kappa shape index (κ3) is 4.17. The molecule has 0 aliphatic rings. The molecule has 160 valence electrons. The molecule has 0 saturated heterocycles. The van der Waals surface area contributed by atoms with E-state index in [1.165, 1.54) is 6.92 Å². The van der Waals surface area contributed by atoms with Gasteiger partial charge in [-0.05, 0) is 42.3 Å². The molecule has 0 fully saturated rings. The monoisotopic (exact) mass is 443 g/mol. The highest BCUT2D eigenvalue weighted by Gasteiger charge is 2.41. The van der Waals surface area contributed by atoms with Crippen molar-refractivity contribution in [2.75, 3.05) is 0 Å². The van der Waals surface area contributed by atoms with Crippen LogP contribution < -0.4 is 4.74 Å². The van der Waals surface area contributed by atoms with Crippen LogP contribution in [0.3, 0.4) is 0 Å². The Bertz CT molecular complexity index is 1160. The second-order valence-electron chi connectivity index (χ2n) is 6.41. The van der Waals surface area contributed by atoms with Gasteiger partial charge in [0.1, 0.15) is 57.8 Å². The van der Waals surface area contributed by atoms with Crippen LogP contribution in [0.25, 0.3) is 11.1 Å². The summed E-state index contributed by atoms with van der Waals surface area (Å²) in [6.45, 7) is 1.37. The summed E-state index contributed by atoms with van der Waals surface area (Å²) in [5.41, 5.74) is -4.37. The van der Waals surface area contributed by atoms with Gasteiger partial charge in [-0.1, -0.05) is 0 Å². The summed E-state index contributed by atoms with van der Waals surface area (Å²) in [5, 5.41) is 8.58. The number of rotatable bonds is 4. The Hall–Kier alpha value is -3.61. The first-order valence-corrected chi connectivity index (χ1v) is 8.36. The number of halogens is 8. The highest BCUT2D eigenvalue weighted by molar-refractivity contribution is 5.66. The highest BCUT2D eigenvalue weighted by atomic mass is 19.3. The van der Waals surface area contributed by atoms with Gasteiger partial charge in [0.15, 0.2) is 0 Å². The van der Waals surface area contributed by atoms with E-state index in [1.54, 1.807) is 0 Å². The van der Waals surface area contributed by atoms with Gasteiger partial charge in [0.2, 0.25) is 0 Å². The van der Waals surface area contributed by atoms with Crippen molar-refractivity contribution in [1.82, 2.24) is 0 Å². The first-order valence-electron chi connectivity index (χ1n) is 8.36. The maximum atomic E-state index is 14.4. The number of nitrogens with zero attached hydrogens (tertiary/aromatic N) is 1. The van der Waals surface area contributed by atoms with Gasteiger partial charge in [-0.2, -0.15) is 14.0 Å². The predicted molar refractivity (Wildman–Crippen MR) is 92.0 cm³/mol. The number of benzene rings is 3. The average molecular weight is 443 g/mol. The van der Waals surface area contributed by atoms with Crippen LogP contribution in [0.1, 0.15) is 16.7 Å². The molecule has 3 rings (SSSR count). The van der Waals surface area contributed by atoms with Crippen molar-refractivity contribution in [3.05, 3.63) is 88.0 Å². The van der Waals surface area contributed by atoms with Gasteiger partial charge < -0.3 is 4.74 Å². The molecule has 3 aromatic rings. The molecule has 0 N–H and O–H groups in total. The zero-order valence-corrected chi connectivity index (χ0v) is 15.3. The molecule has 0 spiro atoms. The summed E-state index contributed by atoms with van der Waals surface area (Å²) >= 11 is 0. The van der Waals surface area contributed by atoms with Crippen molar-refractivity contribution >= 4 is 0 Å². The van der Waals surface area contributed by atoms with Crippen LogP contribution in [-0.4, -0.2) is 0 Å². The molecular formula is C21H9F8NO. The molecule has 0 amide bonds. The Balaban J connectivity index is 2.05. The Kier molecular flexibility index (Phi) is 5.63. The largest absolute Gasteiger partial charge is 0.432 e. The molecule has 0 unspecified atom stereocenters. The molecule has 0 heterocycles. The number of aryl methyl sites for hydroxylation is 1. The summed E-state index contributed by atoms with van der Waals surface area (Å²) < 4.78 is 117. The van der Waals surface area contributed by atoms with Gasteiger partial charge >= 0.3 is 6.11 Å². The fourth-order valence-electron chi connectivity index (χ4n) is 2.89. The van der Waals surface area contributed by atoms with E-state index in [0.717, 1.165) is 18.2 Å². The summed E-state index contributed by atoms with van der Waals surface area (Å²) in [5.74, 6) is -10.4. The molecule has 0 aliphatic carbocycles. The first kappa shape index (κ1) is 22.1. The van der Waals surface area contributed by atoms with Gasteiger partial charge in [-0.3, -0.25) is 0 Å².